The Morgan fingerprint density at radius 3 is 2.71 bits per heavy atom. The molecule has 21 heavy (non-hydrogen) atoms. The van der Waals surface area contributed by atoms with Crippen molar-refractivity contribution >= 4 is 45.0 Å². The minimum atomic E-state index is -0.147. The Kier molecular flexibility index (Phi) is 4.07. The third-order valence-electron chi connectivity index (χ3n) is 3.04. The first-order chi connectivity index (χ1) is 10.1. The van der Waals surface area contributed by atoms with Gasteiger partial charge < -0.3 is 4.57 Å². The van der Waals surface area contributed by atoms with Gasteiger partial charge in [-0.2, -0.15) is 0 Å². The fourth-order valence-electron chi connectivity index (χ4n) is 1.94. The Morgan fingerprint density at radius 1 is 1.29 bits per heavy atom. The zero-order valence-electron chi connectivity index (χ0n) is 11.2. The molecular formula is C15H12IN3OS. The molecule has 1 amide bonds. The Bertz CT molecular complexity index is 776. The van der Waals surface area contributed by atoms with E-state index in [0.717, 1.165) is 11.3 Å². The lowest BCUT2D eigenvalue weighted by molar-refractivity contribution is 0.101. The zero-order chi connectivity index (χ0) is 14.8. The second-order valence-corrected chi connectivity index (χ2v) is 6.61. The zero-order valence-corrected chi connectivity index (χ0v) is 14.2. The van der Waals surface area contributed by atoms with Gasteiger partial charge in [0.25, 0.3) is 5.91 Å². The molecule has 0 fully saturated rings. The molecule has 4 nitrogen and oxygen atoms in total. The Morgan fingerprint density at radius 2 is 2.05 bits per heavy atom. The molecule has 1 N–H and O–H groups in total. The summed E-state index contributed by atoms with van der Waals surface area (Å²) in [5, 5.41) is 5.39. The molecule has 1 aromatic carbocycles. The maximum Gasteiger partial charge on any atom is 0.274 e. The highest BCUT2D eigenvalue weighted by atomic mass is 127. The van der Waals surface area contributed by atoms with Crippen LogP contribution in [0.4, 0.5) is 5.13 Å². The van der Waals surface area contributed by atoms with Crippen molar-refractivity contribution in [3.63, 3.8) is 0 Å². The number of aromatic nitrogens is 2. The summed E-state index contributed by atoms with van der Waals surface area (Å²) in [4.78, 5) is 16.6. The molecule has 0 aliphatic heterocycles. The van der Waals surface area contributed by atoms with Gasteiger partial charge in [0.05, 0.1) is 5.69 Å². The minimum Gasteiger partial charge on any atom is -0.347 e. The standard InChI is InChI=1S/C15H12IN3OS/c1-19-8-2-3-13(19)14(20)18-15-17-12(9-21-15)10-4-6-11(16)7-5-10/h2-9H,1H3,(H,17,18,20). The third-order valence-corrected chi connectivity index (χ3v) is 4.52. The minimum absolute atomic E-state index is 0.147. The predicted molar refractivity (Wildman–Crippen MR) is 93.6 cm³/mol. The maximum absolute atomic E-state index is 12.1. The summed E-state index contributed by atoms with van der Waals surface area (Å²) in [6.07, 6.45) is 1.84. The fourth-order valence-corrected chi connectivity index (χ4v) is 3.02. The second-order valence-electron chi connectivity index (χ2n) is 4.50. The van der Waals surface area contributed by atoms with E-state index in [9.17, 15) is 4.79 Å². The van der Waals surface area contributed by atoms with Crippen LogP contribution in [0.25, 0.3) is 11.3 Å². The van der Waals surface area contributed by atoms with E-state index in [-0.39, 0.29) is 5.91 Å². The summed E-state index contributed by atoms with van der Waals surface area (Å²) in [6.45, 7) is 0. The smallest absolute Gasteiger partial charge is 0.274 e. The number of carbonyl (C=O) groups excluding carboxylic acids is 1. The van der Waals surface area contributed by atoms with E-state index in [0.29, 0.717) is 10.8 Å². The highest BCUT2D eigenvalue weighted by Gasteiger charge is 2.12. The number of thiazole rings is 1. The van der Waals surface area contributed by atoms with E-state index >= 15 is 0 Å². The van der Waals surface area contributed by atoms with Crippen LogP contribution in [0.3, 0.4) is 0 Å². The van der Waals surface area contributed by atoms with Gasteiger partial charge in [-0.15, -0.1) is 11.3 Å². The topological polar surface area (TPSA) is 46.9 Å². The van der Waals surface area contributed by atoms with E-state index in [4.69, 9.17) is 0 Å². The molecule has 0 saturated carbocycles. The second kappa shape index (κ2) is 5.98. The predicted octanol–water partition coefficient (Wildman–Crippen LogP) is 4.01. The quantitative estimate of drug-likeness (QED) is 0.665. The van der Waals surface area contributed by atoms with Crippen LogP contribution in [-0.4, -0.2) is 15.5 Å². The molecular weight excluding hydrogens is 397 g/mol. The number of hydrogen-bond donors (Lipinski definition) is 1. The molecule has 0 spiro atoms. The van der Waals surface area contributed by atoms with Crippen molar-refractivity contribution < 1.29 is 4.79 Å². The number of anilines is 1. The van der Waals surface area contributed by atoms with Crippen LogP contribution in [0.1, 0.15) is 10.5 Å². The third kappa shape index (κ3) is 3.16. The lowest BCUT2D eigenvalue weighted by atomic mass is 10.2. The molecule has 6 heteroatoms. The van der Waals surface area contributed by atoms with Crippen LogP contribution >= 0.6 is 33.9 Å². The van der Waals surface area contributed by atoms with E-state index in [1.54, 1.807) is 10.6 Å². The van der Waals surface area contributed by atoms with E-state index in [1.165, 1.54) is 14.9 Å². The first-order valence-electron chi connectivity index (χ1n) is 6.27. The molecule has 0 aliphatic rings. The summed E-state index contributed by atoms with van der Waals surface area (Å²) < 4.78 is 2.96. The van der Waals surface area contributed by atoms with Crippen molar-refractivity contribution in [3.05, 3.63) is 57.2 Å². The summed E-state index contributed by atoms with van der Waals surface area (Å²) in [5.74, 6) is -0.147. The van der Waals surface area contributed by atoms with Gasteiger partial charge in [-0.3, -0.25) is 10.1 Å². The first kappa shape index (κ1) is 14.3. The van der Waals surface area contributed by atoms with Crippen molar-refractivity contribution in [2.45, 2.75) is 0 Å². The number of amides is 1. The lowest BCUT2D eigenvalue weighted by Crippen LogP contribution is -2.15. The van der Waals surface area contributed by atoms with Gasteiger partial charge >= 0.3 is 0 Å². The van der Waals surface area contributed by atoms with Gasteiger partial charge in [0.2, 0.25) is 0 Å². The van der Waals surface area contributed by atoms with Crippen LogP contribution < -0.4 is 5.32 Å². The Hall–Kier alpha value is -1.67. The van der Waals surface area contributed by atoms with Crippen LogP contribution in [0.15, 0.2) is 48.0 Å². The van der Waals surface area contributed by atoms with Gasteiger partial charge in [0.15, 0.2) is 5.13 Å². The monoisotopic (exact) mass is 409 g/mol. The molecule has 106 valence electrons. The number of rotatable bonds is 3. The lowest BCUT2D eigenvalue weighted by Gasteiger charge is -2.02. The summed E-state index contributed by atoms with van der Waals surface area (Å²) in [5.41, 5.74) is 2.53. The Labute approximate surface area is 140 Å². The van der Waals surface area contributed by atoms with Gasteiger partial charge in [-0.25, -0.2) is 4.98 Å². The molecule has 0 radical (unpaired) electrons. The molecule has 0 saturated heterocycles. The number of carbonyl (C=O) groups is 1. The van der Waals surface area contributed by atoms with Crippen LogP contribution in [0.2, 0.25) is 0 Å². The number of aryl methyl sites for hydroxylation is 1. The number of halogens is 1. The molecule has 3 aromatic rings. The SMILES string of the molecule is Cn1cccc1C(=O)Nc1nc(-c2ccc(I)cc2)cs1. The van der Waals surface area contributed by atoms with E-state index in [2.05, 4.69) is 32.9 Å². The summed E-state index contributed by atoms with van der Waals surface area (Å²) in [6, 6.07) is 11.8. The molecule has 0 bridgehead atoms. The number of benzene rings is 1. The van der Waals surface area contributed by atoms with E-state index < -0.39 is 0 Å². The molecule has 2 heterocycles. The average Bonchev–Trinajstić information content (AvgIpc) is 3.09. The summed E-state index contributed by atoms with van der Waals surface area (Å²) in [7, 11) is 1.84. The number of hydrogen-bond acceptors (Lipinski definition) is 3. The van der Waals surface area contributed by atoms with Gasteiger partial charge in [-0.1, -0.05) is 12.1 Å². The average molecular weight is 409 g/mol. The fraction of sp³-hybridized carbons (Fsp3) is 0.0667. The molecule has 0 atom stereocenters. The van der Waals surface area contributed by atoms with Crippen LogP contribution in [0.5, 0.6) is 0 Å². The molecule has 3 rings (SSSR count). The highest BCUT2D eigenvalue weighted by Crippen LogP contribution is 2.25. The Balaban J connectivity index is 1.78. The van der Waals surface area contributed by atoms with Crippen LogP contribution in [0, 0.1) is 3.57 Å². The highest BCUT2D eigenvalue weighted by molar-refractivity contribution is 14.1. The van der Waals surface area contributed by atoms with Crippen molar-refractivity contribution in [2.24, 2.45) is 7.05 Å². The largest absolute Gasteiger partial charge is 0.347 e. The van der Waals surface area contributed by atoms with Crippen LogP contribution in [-0.2, 0) is 7.05 Å². The van der Waals surface area contributed by atoms with E-state index in [1.807, 2.05) is 49.0 Å². The van der Waals surface area contributed by atoms with Gasteiger partial charge in [-0.05, 0) is 46.9 Å². The number of nitrogens with one attached hydrogen (secondary N) is 1. The van der Waals surface area contributed by atoms with Crippen molar-refractivity contribution in [2.75, 3.05) is 5.32 Å². The van der Waals surface area contributed by atoms with Crippen molar-refractivity contribution in [1.82, 2.24) is 9.55 Å². The van der Waals surface area contributed by atoms with Crippen molar-refractivity contribution in [3.8, 4) is 11.3 Å². The van der Waals surface area contributed by atoms with Gasteiger partial charge in [0.1, 0.15) is 5.69 Å². The molecule has 0 unspecified atom stereocenters. The number of nitrogens with zero attached hydrogens (tertiary/aromatic N) is 2. The first-order valence-corrected chi connectivity index (χ1v) is 8.23. The summed E-state index contributed by atoms with van der Waals surface area (Å²) >= 11 is 3.69. The molecule has 2 aromatic heterocycles. The van der Waals surface area contributed by atoms with Gasteiger partial charge in [0, 0.05) is 27.8 Å². The molecule has 0 aliphatic carbocycles. The normalized spacial score (nSPS) is 10.6. The van der Waals surface area contributed by atoms with Crippen molar-refractivity contribution in [1.29, 1.82) is 0 Å². The maximum atomic E-state index is 12.1.